The zero-order valence-electron chi connectivity index (χ0n) is 29.5. The minimum absolute atomic E-state index is 0.0591. The fraction of sp³-hybridized carbons (Fsp3) is 0.297. The molecule has 0 fully saturated rings. The number of hydrogen-bond donors (Lipinski definition) is 4. The number of benzene rings is 3. The molecule has 0 saturated heterocycles. The minimum Gasteiger partial charge on any atom is -0.481 e. The Morgan fingerprint density at radius 3 is 1.94 bits per heavy atom. The third kappa shape index (κ3) is 8.22. The molecule has 3 aromatic rings. The lowest BCUT2D eigenvalue weighted by atomic mass is 9.81. The van der Waals surface area contributed by atoms with Crippen LogP contribution in [0.1, 0.15) is 64.5 Å². The molecule has 53 heavy (non-hydrogen) atoms. The van der Waals surface area contributed by atoms with Gasteiger partial charge in [0.25, 0.3) is 30.4 Å². The fourth-order valence-corrected chi connectivity index (χ4v) is 8.43. The van der Waals surface area contributed by atoms with E-state index in [0.717, 1.165) is 11.4 Å². The van der Waals surface area contributed by atoms with Crippen molar-refractivity contribution >= 4 is 59.1 Å². The minimum atomic E-state index is -4.55. The molecule has 13 nitrogen and oxygen atoms in total. The van der Waals surface area contributed by atoms with Gasteiger partial charge in [0.2, 0.25) is 5.69 Å². The van der Waals surface area contributed by atoms with E-state index in [1.54, 1.807) is 41.3 Å². The van der Waals surface area contributed by atoms with Crippen molar-refractivity contribution in [2.45, 2.75) is 78.9 Å². The lowest BCUT2D eigenvalue weighted by Crippen LogP contribution is -2.28. The second-order valence-electron chi connectivity index (χ2n) is 13.9. The molecule has 16 heteroatoms. The summed E-state index contributed by atoms with van der Waals surface area (Å²) in [5.74, 6) is -0.866. The summed E-state index contributed by atoms with van der Waals surface area (Å²) in [6, 6.07) is 14.3. The van der Waals surface area contributed by atoms with E-state index in [4.69, 9.17) is 5.11 Å². The van der Waals surface area contributed by atoms with Crippen LogP contribution >= 0.6 is 0 Å². The molecule has 0 bridgehead atoms. The monoisotopic (exact) mass is 785 g/mol. The predicted molar refractivity (Wildman–Crippen MR) is 199 cm³/mol. The first-order valence-electron chi connectivity index (χ1n) is 16.6. The highest BCUT2D eigenvalue weighted by molar-refractivity contribution is 7.86. The number of nitrogens with zero attached hydrogens (tertiary/aromatic N) is 2. The number of carboxylic acid groups (broad SMARTS) is 1. The number of carbonyl (C=O) groups is 1. The number of aliphatic carboxylic acids is 1. The Morgan fingerprint density at radius 2 is 1.32 bits per heavy atom. The Kier molecular flexibility index (Phi) is 10.8. The van der Waals surface area contributed by atoms with Crippen LogP contribution in [0, 0.1) is 0 Å². The Labute approximate surface area is 309 Å². The third-order valence-corrected chi connectivity index (χ3v) is 12.1. The Balaban J connectivity index is 1.54. The van der Waals surface area contributed by atoms with E-state index >= 15 is 0 Å². The van der Waals surface area contributed by atoms with Crippen molar-refractivity contribution in [3.05, 3.63) is 108 Å². The van der Waals surface area contributed by atoms with Crippen molar-refractivity contribution in [1.82, 2.24) is 0 Å². The Bertz CT molecular complexity index is 2440. The summed E-state index contributed by atoms with van der Waals surface area (Å²) in [7, 11) is -13.5. The van der Waals surface area contributed by atoms with E-state index in [9.17, 15) is 43.7 Å². The summed E-state index contributed by atoms with van der Waals surface area (Å²) in [6.45, 7) is 8.11. The van der Waals surface area contributed by atoms with Crippen LogP contribution in [-0.2, 0) is 46.0 Å². The summed E-state index contributed by atoms with van der Waals surface area (Å²) in [5, 5.41) is 9.03. The molecule has 282 valence electrons. The SMILES string of the molecule is CC1(C)C(/C=C/C=C/C=C2/N(c3cccc(S(=O)(=O)O)c3)c3ccc(S(=O)(=O)O)cc3C2(C)C)=[N+](CCCCCC(=O)O)c2ccc(S(=O)(=O)O)cc21. The lowest BCUT2D eigenvalue weighted by molar-refractivity contribution is -0.438. The van der Waals surface area contributed by atoms with E-state index in [1.165, 1.54) is 48.5 Å². The van der Waals surface area contributed by atoms with Crippen molar-refractivity contribution in [2.75, 3.05) is 11.4 Å². The van der Waals surface area contributed by atoms with E-state index in [-0.39, 0.29) is 21.1 Å². The number of anilines is 2. The summed E-state index contributed by atoms with van der Waals surface area (Å²) >= 11 is 0. The van der Waals surface area contributed by atoms with Crippen LogP contribution in [0.25, 0.3) is 0 Å². The highest BCUT2D eigenvalue weighted by Gasteiger charge is 2.45. The average Bonchev–Trinajstić information content (AvgIpc) is 3.41. The maximum atomic E-state index is 12.0. The van der Waals surface area contributed by atoms with Crippen molar-refractivity contribution in [3.8, 4) is 0 Å². The van der Waals surface area contributed by atoms with Crippen LogP contribution < -0.4 is 4.90 Å². The number of unbranched alkanes of at least 4 members (excludes halogenated alkanes) is 2. The highest BCUT2D eigenvalue weighted by atomic mass is 32.2. The molecule has 2 aliphatic heterocycles. The van der Waals surface area contributed by atoms with Crippen molar-refractivity contribution < 1.29 is 53.4 Å². The number of carboxylic acids is 1. The van der Waals surface area contributed by atoms with E-state index < -0.39 is 47.2 Å². The van der Waals surface area contributed by atoms with E-state index in [2.05, 4.69) is 4.58 Å². The van der Waals surface area contributed by atoms with Gasteiger partial charge in [-0.2, -0.15) is 29.8 Å². The van der Waals surface area contributed by atoms with Crippen LogP contribution in [0.3, 0.4) is 0 Å². The normalized spacial score (nSPS) is 17.6. The fourth-order valence-electron chi connectivity index (χ4n) is 6.90. The van der Waals surface area contributed by atoms with Crippen molar-refractivity contribution in [1.29, 1.82) is 0 Å². The maximum absolute atomic E-state index is 12.0. The molecule has 0 saturated carbocycles. The zero-order chi connectivity index (χ0) is 39.1. The predicted octanol–water partition coefficient (Wildman–Crippen LogP) is 6.57. The van der Waals surface area contributed by atoms with Crippen LogP contribution in [0.15, 0.2) is 111 Å². The first kappa shape index (κ1) is 39.8. The molecule has 4 N–H and O–H groups in total. The molecular weight excluding hydrogens is 745 g/mol. The molecule has 0 spiro atoms. The van der Waals surface area contributed by atoms with Gasteiger partial charge in [-0.3, -0.25) is 18.5 Å². The van der Waals surface area contributed by atoms with Crippen molar-refractivity contribution in [3.63, 3.8) is 0 Å². The first-order chi connectivity index (χ1) is 24.5. The van der Waals surface area contributed by atoms with Crippen molar-refractivity contribution in [2.24, 2.45) is 0 Å². The zero-order valence-corrected chi connectivity index (χ0v) is 31.9. The average molecular weight is 786 g/mol. The van der Waals surface area contributed by atoms with Gasteiger partial charge in [-0.1, -0.05) is 38.1 Å². The summed E-state index contributed by atoms with van der Waals surface area (Å²) in [6.07, 6.45) is 10.9. The molecule has 2 heterocycles. The molecule has 0 atom stereocenters. The molecule has 0 radical (unpaired) electrons. The van der Waals surface area contributed by atoms with Crippen LogP contribution in [0.5, 0.6) is 0 Å². The topological polar surface area (TPSA) is 207 Å². The van der Waals surface area contributed by atoms with E-state index in [1.807, 2.05) is 33.8 Å². The lowest BCUT2D eigenvalue weighted by Gasteiger charge is -2.27. The summed E-state index contributed by atoms with van der Waals surface area (Å²) < 4.78 is 103. The molecule has 0 amide bonds. The molecule has 2 aliphatic rings. The summed E-state index contributed by atoms with van der Waals surface area (Å²) in [5.41, 5.74) is 2.85. The molecule has 0 aliphatic carbocycles. The smallest absolute Gasteiger partial charge is 0.303 e. The Morgan fingerprint density at radius 1 is 0.717 bits per heavy atom. The molecular formula is C37H41N2O11S3+. The van der Waals surface area contributed by atoms with Gasteiger partial charge in [-0.25, -0.2) is 0 Å². The maximum Gasteiger partial charge on any atom is 0.303 e. The Hall–Kier alpha value is -4.45. The van der Waals surface area contributed by atoms with Gasteiger partial charge >= 0.3 is 5.97 Å². The van der Waals surface area contributed by atoms with Gasteiger partial charge in [0, 0.05) is 47.3 Å². The second kappa shape index (κ2) is 14.4. The third-order valence-electron chi connectivity index (χ3n) is 9.60. The van der Waals surface area contributed by atoms with Gasteiger partial charge in [0.1, 0.15) is 6.54 Å². The number of rotatable bonds is 13. The van der Waals surface area contributed by atoms with Gasteiger partial charge < -0.3 is 10.0 Å². The number of fused-ring (bicyclic) bond motifs is 2. The second-order valence-corrected chi connectivity index (χ2v) is 18.2. The number of allylic oxidation sites excluding steroid dienone is 6. The van der Waals surface area contributed by atoms with Gasteiger partial charge in [-0.15, -0.1) is 0 Å². The van der Waals surface area contributed by atoms with Crippen LogP contribution in [0.4, 0.5) is 17.1 Å². The molecule has 0 aromatic heterocycles. The van der Waals surface area contributed by atoms with E-state index in [0.29, 0.717) is 54.0 Å². The van der Waals surface area contributed by atoms with Gasteiger partial charge in [-0.05, 0) is 86.9 Å². The van der Waals surface area contributed by atoms with Crippen LogP contribution in [0.2, 0.25) is 0 Å². The molecule has 0 unspecified atom stereocenters. The number of hydrogen-bond acceptors (Lipinski definition) is 8. The highest BCUT2D eigenvalue weighted by Crippen LogP contribution is 2.52. The largest absolute Gasteiger partial charge is 0.481 e. The van der Waals surface area contributed by atoms with Gasteiger partial charge in [0.05, 0.1) is 25.8 Å². The molecule has 3 aromatic carbocycles. The summed E-state index contributed by atoms with van der Waals surface area (Å²) in [4.78, 5) is 11.9. The molecule has 5 rings (SSSR count). The standard InChI is InChI=1S/C37H40N2O11S3/c1-36(2)29-23-27(52(45,46)47)17-19-31(29)38(21-10-6-9-16-35(40)41)33(36)14-7-5-8-15-34-37(3,4)30-24-28(53(48,49)50)18-20-32(30)39(34)25-12-11-13-26(22-25)51(42,43)44/h5,7-8,11-15,17-20,22-24H,6,9-10,16,21H2,1-4H3,(H3-,40,41,42,43,44,45,46,47,48,49,50)/p+1. The quantitative estimate of drug-likeness (QED) is 0.0628. The van der Waals surface area contributed by atoms with Crippen LogP contribution in [-0.4, -0.2) is 66.8 Å². The van der Waals surface area contributed by atoms with Gasteiger partial charge in [0.15, 0.2) is 5.71 Å². The first-order valence-corrected chi connectivity index (χ1v) is 20.9.